The SMILES string of the molecule is c1ccc(-c2ccc(-c3nc(-c4ccc(-c5ccccn5)cc4)nc(-c4cc(-c5ccccn5)cc(-c5ccccn5)c4)n3)cc2)nc1. The van der Waals surface area contributed by atoms with Gasteiger partial charge >= 0.3 is 0 Å². The molecule has 48 heavy (non-hydrogen) atoms. The standard InChI is InChI=1S/C41H27N7/c1-5-21-42-35(9-1)28-13-17-30(18-14-28)39-46-40(31-19-15-29(16-20-31)36-10-2-6-22-43-36)48-41(47-39)34-26-32(37-11-3-7-23-44-37)25-33(27-34)38-12-4-8-24-45-38/h1-27H. The van der Waals surface area contributed by atoms with Crippen molar-refractivity contribution in [1.82, 2.24) is 34.9 Å². The summed E-state index contributed by atoms with van der Waals surface area (Å²) < 4.78 is 0. The molecule has 0 aliphatic rings. The lowest BCUT2D eigenvalue weighted by Gasteiger charge is -2.12. The Balaban J connectivity index is 1.28. The minimum Gasteiger partial charge on any atom is -0.256 e. The highest BCUT2D eigenvalue weighted by atomic mass is 15.0. The van der Waals surface area contributed by atoms with Gasteiger partial charge in [0.25, 0.3) is 0 Å². The topological polar surface area (TPSA) is 90.2 Å². The molecule has 5 heterocycles. The van der Waals surface area contributed by atoms with Crippen LogP contribution in [0.15, 0.2) is 164 Å². The fraction of sp³-hybridized carbons (Fsp3) is 0. The minimum atomic E-state index is 0.549. The Morgan fingerprint density at radius 3 is 0.875 bits per heavy atom. The van der Waals surface area contributed by atoms with Crippen LogP contribution in [0.4, 0.5) is 0 Å². The molecule has 7 nitrogen and oxygen atoms in total. The summed E-state index contributed by atoms with van der Waals surface area (Å²) in [5, 5.41) is 0. The quantitative estimate of drug-likeness (QED) is 0.176. The Bertz CT molecular complexity index is 2140. The highest BCUT2D eigenvalue weighted by Gasteiger charge is 2.16. The van der Waals surface area contributed by atoms with Gasteiger partial charge < -0.3 is 0 Å². The first-order valence-electron chi connectivity index (χ1n) is 15.5. The third kappa shape index (κ3) is 6.08. The Hall–Kier alpha value is -6.73. The van der Waals surface area contributed by atoms with Crippen molar-refractivity contribution in [2.75, 3.05) is 0 Å². The van der Waals surface area contributed by atoms with E-state index in [0.717, 1.165) is 61.7 Å². The van der Waals surface area contributed by atoms with Crippen molar-refractivity contribution in [2.45, 2.75) is 0 Å². The van der Waals surface area contributed by atoms with Gasteiger partial charge in [0.1, 0.15) is 0 Å². The van der Waals surface area contributed by atoms with Crippen LogP contribution in [0.1, 0.15) is 0 Å². The van der Waals surface area contributed by atoms with E-state index < -0.39 is 0 Å². The molecule has 0 aliphatic heterocycles. The number of nitrogens with zero attached hydrogens (tertiary/aromatic N) is 7. The van der Waals surface area contributed by atoms with E-state index in [1.807, 2.05) is 121 Å². The second-order valence-corrected chi connectivity index (χ2v) is 11.1. The van der Waals surface area contributed by atoms with Gasteiger partial charge in [0.15, 0.2) is 17.5 Å². The normalized spacial score (nSPS) is 10.9. The minimum absolute atomic E-state index is 0.549. The smallest absolute Gasteiger partial charge is 0.164 e. The fourth-order valence-corrected chi connectivity index (χ4v) is 5.53. The van der Waals surface area contributed by atoms with Crippen LogP contribution in [0.25, 0.3) is 79.2 Å². The molecule has 8 aromatic rings. The maximum atomic E-state index is 5.05. The maximum Gasteiger partial charge on any atom is 0.164 e. The third-order valence-corrected chi connectivity index (χ3v) is 7.96. The van der Waals surface area contributed by atoms with E-state index in [9.17, 15) is 0 Å². The van der Waals surface area contributed by atoms with E-state index >= 15 is 0 Å². The van der Waals surface area contributed by atoms with Gasteiger partial charge in [0.2, 0.25) is 0 Å². The Morgan fingerprint density at radius 1 is 0.250 bits per heavy atom. The monoisotopic (exact) mass is 617 g/mol. The highest BCUT2D eigenvalue weighted by Crippen LogP contribution is 2.33. The molecule has 7 heteroatoms. The van der Waals surface area contributed by atoms with Crippen LogP contribution in [-0.2, 0) is 0 Å². The predicted molar refractivity (Wildman–Crippen MR) is 189 cm³/mol. The van der Waals surface area contributed by atoms with Crippen LogP contribution in [0.5, 0.6) is 0 Å². The summed E-state index contributed by atoms with van der Waals surface area (Å²) in [6.45, 7) is 0. The second kappa shape index (κ2) is 12.9. The van der Waals surface area contributed by atoms with E-state index in [2.05, 4.69) is 38.1 Å². The van der Waals surface area contributed by atoms with Crippen LogP contribution >= 0.6 is 0 Å². The molecule has 0 N–H and O–H groups in total. The lowest BCUT2D eigenvalue weighted by molar-refractivity contribution is 1.07. The molecule has 0 saturated heterocycles. The molecule has 0 amide bonds. The van der Waals surface area contributed by atoms with Crippen molar-refractivity contribution in [2.24, 2.45) is 0 Å². The van der Waals surface area contributed by atoms with Gasteiger partial charge in [-0.15, -0.1) is 0 Å². The van der Waals surface area contributed by atoms with E-state index in [1.54, 1.807) is 24.8 Å². The van der Waals surface area contributed by atoms with Gasteiger partial charge in [-0.2, -0.15) is 0 Å². The van der Waals surface area contributed by atoms with E-state index in [4.69, 9.17) is 15.0 Å². The number of rotatable bonds is 7. The summed E-state index contributed by atoms with van der Waals surface area (Å²) in [7, 11) is 0. The largest absolute Gasteiger partial charge is 0.256 e. The molecule has 0 atom stereocenters. The van der Waals surface area contributed by atoms with Crippen molar-refractivity contribution in [3.63, 3.8) is 0 Å². The first-order valence-corrected chi connectivity index (χ1v) is 15.5. The van der Waals surface area contributed by atoms with E-state index in [-0.39, 0.29) is 0 Å². The summed E-state index contributed by atoms with van der Waals surface area (Å²) in [4.78, 5) is 33.3. The van der Waals surface area contributed by atoms with Gasteiger partial charge in [-0.25, -0.2) is 15.0 Å². The Labute approximate surface area is 277 Å². The second-order valence-electron chi connectivity index (χ2n) is 11.1. The van der Waals surface area contributed by atoms with Crippen LogP contribution in [0, 0.1) is 0 Å². The average molecular weight is 618 g/mol. The van der Waals surface area contributed by atoms with Gasteiger partial charge in [-0.05, 0) is 66.7 Å². The number of hydrogen-bond donors (Lipinski definition) is 0. The van der Waals surface area contributed by atoms with Crippen LogP contribution in [0.3, 0.4) is 0 Å². The van der Waals surface area contributed by atoms with Crippen LogP contribution in [0.2, 0.25) is 0 Å². The summed E-state index contributed by atoms with van der Waals surface area (Å²) in [6.07, 6.45) is 7.19. The van der Waals surface area contributed by atoms with E-state index in [1.165, 1.54) is 0 Å². The first-order chi connectivity index (χ1) is 23.8. The van der Waals surface area contributed by atoms with E-state index in [0.29, 0.717) is 17.5 Å². The van der Waals surface area contributed by atoms with Crippen molar-refractivity contribution in [1.29, 1.82) is 0 Å². The number of benzene rings is 3. The summed E-state index contributed by atoms with van der Waals surface area (Å²) in [5.74, 6) is 1.69. The molecule has 0 spiro atoms. The zero-order chi connectivity index (χ0) is 32.1. The third-order valence-electron chi connectivity index (χ3n) is 7.96. The molecular formula is C41H27N7. The molecule has 0 aliphatic carbocycles. The van der Waals surface area contributed by atoms with Crippen molar-refractivity contribution in [3.8, 4) is 79.2 Å². The fourth-order valence-electron chi connectivity index (χ4n) is 5.53. The van der Waals surface area contributed by atoms with Crippen LogP contribution < -0.4 is 0 Å². The van der Waals surface area contributed by atoms with Crippen molar-refractivity contribution < 1.29 is 0 Å². The summed E-state index contributed by atoms with van der Waals surface area (Å²) in [6, 6.07) is 46.1. The number of pyridine rings is 4. The molecule has 0 unspecified atom stereocenters. The lowest BCUT2D eigenvalue weighted by Crippen LogP contribution is -2.01. The van der Waals surface area contributed by atoms with Crippen LogP contribution in [-0.4, -0.2) is 34.9 Å². The van der Waals surface area contributed by atoms with Gasteiger partial charge in [0.05, 0.1) is 22.8 Å². The molecule has 0 fully saturated rings. The molecule has 226 valence electrons. The number of aromatic nitrogens is 7. The maximum absolute atomic E-state index is 5.05. The van der Waals surface area contributed by atoms with Gasteiger partial charge in [-0.1, -0.05) is 72.8 Å². The molecule has 8 rings (SSSR count). The predicted octanol–water partition coefficient (Wildman–Crippen LogP) is 9.12. The first kappa shape index (κ1) is 28.7. The summed E-state index contributed by atoms with van der Waals surface area (Å²) >= 11 is 0. The zero-order valence-corrected chi connectivity index (χ0v) is 25.7. The Kier molecular flexibility index (Phi) is 7.74. The molecule has 0 bridgehead atoms. The summed E-state index contributed by atoms with van der Waals surface area (Å²) in [5.41, 5.74) is 10.00. The number of hydrogen-bond acceptors (Lipinski definition) is 7. The zero-order valence-electron chi connectivity index (χ0n) is 25.7. The molecular weight excluding hydrogens is 591 g/mol. The Morgan fingerprint density at radius 2 is 0.542 bits per heavy atom. The average Bonchev–Trinajstić information content (AvgIpc) is 3.19. The van der Waals surface area contributed by atoms with Gasteiger partial charge in [-0.3, -0.25) is 19.9 Å². The molecule has 3 aromatic carbocycles. The molecule has 5 aromatic heterocycles. The lowest BCUT2D eigenvalue weighted by atomic mass is 10.00. The van der Waals surface area contributed by atoms with Crippen molar-refractivity contribution in [3.05, 3.63) is 164 Å². The highest BCUT2D eigenvalue weighted by molar-refractivity contribution is 5.78. The molecule has 0 saturated carbocycles. The molecule has 0 radical (unpaired) electrons. The van der Waals surface area contributed by atoms with Gasteiger partial charge in [0, 0.05) is 63.7 Å². The van der Waals surface area contributed by atoms with Crippen molar-refractivity contribution >= 4 is 0 Å².